The topological polar surface area (TPSA) is 38.5 Å². The Kier molecular flexibility index (Phi) is 6.94. The molecule has 0 aliphatic carbocycles. The molecule has 1 aromatic rings. The number of hydrogen-bond acceptors (Lipinski definition) is 3. The summed E-state index contributed by atoms with van der Waals surface area (Å²) in [6, 6.07) is 8.14. The summed E-state index contributed by atoms with van der Waals surface area (Å²) < 4.78 is 5.71. The lowest BCUT2D eigenvalue weighted by atomic mass is 10.1. The maximum Gasteiger partial charge on any atom is 0.120 e. The van der Waals surface area contributed by atoms with Crippen LogP contribution in [0.3, 0.4) is 0 Å². The maximum atomic E-state index is 5.91. The molecule has 2 atom stereocenters. The first-order valence-electron chi connectivity index (χ1n) is 6.51. The van der Waals surface area contributed by atoms with Crippen molar-refractivity contribution in [2.45, 2.75) is 19.4 Å². The van der Waals surface area contributed by atoms with Crippen LogP contribution in [0.1, 0.15) is 13.3 Å². The van der Waals surface area contributed by atoms with Crippen LogP contribution >= 0.6 is 24.0 Å². The van der Waals surface area contributed by atoms with E-state index in [0.29, 0.717) is 23.6 Å². The number of nitrogens with zero attached hydrogens (tertiary/aromatic N) is 1. The van der Waals surface area contributed by atoms with Crippen LogP contribution in [-0.4, -0.2) is 37.2 Å². The first-order chi connectivity index (χ1) is 8.69. The molecule has 3 nitrogen and oxygen atoms in total. The summed E-state index contributed by atoms with van der Waals surface area (Å²) >= 11 is 5.91. The van der Waals surface area contributed by atoms with Gasteiger partial charge in [-0.05, 0) is 44.0 Å². The molecule has 5 heteroatoms. The van der Waals surface area contributed by atoms with Crippen LogP contribution in [0.25, 0.3) is 0 Å². The third-order valence-electron chi connectivity index (χ3n) is 3.57. The lowest BCUT2D eigenvalue weighted by Gasteiger charge is -2.21. The molecule has 2 N–H and O–H groups in total. The van der Waals surface area contributed by atoms with Gasteiger partial charge >= 0.3 is 0 Å². The van der Waals surface area contributed by atoms with Gasteiger partial charge < -0.3 is 10.5 Å². The monoisotopic (exact) mass is 304 g/mol. The molecule has 1 aromatic carbocycles. The summed E-state index contributed by atoms with van der Waals surface area (Å²) in [5.74, 6) is 1.48. The SMILES string of the molecule is CC1CC(CN)CN1CCOc1cccc(Cl)c1.Cl. The number of ether oxygens (including phenoxy) is 1. The molecule has 1 aliphatic heterocycles. The molecular weight excluding hydrogens is 283 g/mol. The highest BCUT2D eigenvalue weighted by atomic mass is 35.5. The highest BCUT2D eigenvalue weighted by molar-refractivity contribution is 6.30. The molecule has 1 fully saturated rings. The molecule has 1 aliphatic rings. The summed E-state index contributed by atoms with van der Waals surface area (Å²) in [5, 5.41) is 0.713. The van der Waals surface area contributed by atoms with E-state index >= 15 is 0 Å². The largest absolute Gasteiger partial charge is 0.492 e. The number of benzene rings is 1. The zero-order valence-electron chi connectivity index (χ0n) is 11.2. The quantitative estimate of drug-likeness (QED) is 0.909. The van der Waals surface area contributed by atoms with Crippen molar-refractivity contribution in [1.29, 1.82) is 0 Å². The Morgan fingerprint density at radius 1 is 1.47 bits per heavy atom. The zero-order chi connectivity index (χ0) is 13.0. The van der Waals surface area contributed by atoms with Crippen LogP contribution in [0.5, 0.6) is 5.75 Å². The summed E-state index contributed by atoms with van der Waals surface area (Å²) in [5.41, 5.74) is 5.72. The second-order valence-corrected chi connectivity index (χ2v) is 5.42. The van der Waals surface area contributed by atoms with Crippen molar-refractivity contribution in [3.63, 3.8) is 0 Å². The van der Waals surface area contributed by atoms with Gasteiger partial charge in [-0.2, -0.15) is 0 Å². The first-order valence-corrected chi connectivity index (χ1v) is 6.89. The zero-order valence-corrected chi connectivity index (χ0v) is 12.8. The Morgan fingerprint density at radius 3 is 2.89 bits per heavy atom. The van der Waals surface area contributed by atoms with Crippen molar-refractivity contribution >= 4 is 24.0 Å². The van der Waals surface area contributed by atoms with Gasteiger partial charge in [-0.25, -0.2) is 0 Å². The third kappa shape index (κ3) is 4.84. The molecule has 0 aromatic heterocycles. The van der Waals surface area contributed by atoms with Crippen molar-refractivity contribution in [1.82, 2.24) is 4.90 Å². The number of halogens is 2. The Bertz CT molecular complexity index is 389. The maximum absolute atomic E-state index is 5.91. The third-order valence-corrected chi connectivity index (χ3v) is 3.80. The first kappa shape index (κ1) is 16.6. The predicted molar refractivity (Wildman–Crippen MR) is 82.4 cm³/mol. The predicted octanol–water partition coefficient (Wildman–Crippen LogP) is 2.81. The summed E-state index contributed by atoms with van der Waals surface area (Å²) in [6.07, 6.45) is 1.20. The molecule has 0 saturated carbocycles. The van der Waals surface area contributed by atoms with Crippen LogP contribution < -0.4 is 10.5 Å². The summed E-state index contributed by atoms with van der Waals surface area (Å²) in [7, 11) is 0. The van der Waals surface area contributed by atoms with Crippen LogP contribution in [-0.2, 0) is 0 Å². The van der Waals surface area contributed by atoms with Crippen molar-refractivity contribution in [3.8, 4) is 5.75 Å². The van der Waals surface area contributed by atoms with Crippen molar-refractivity contribution in [3.05, 3.63) is 29.3 Å². The normalized spacial score (nSPS) is 23.1. The fourth-order valence-corrected chi connectivity index (χ4v) is 2.72. The van der Waals surface area contributed by atoms with Crippen molar-refractivity contribution in [2.75, 3.05) is 26.2 Å². The molecule has 2 unspecified atom stereocenters. The van der Waals surface area contributed by atoms with Gasteiger partial charge in [0.1, 0.15) is 12.4 Å². The van der Waals surface area contributed by atoms with Crippen molar-refractivity contribution in [2.24, 2.45) is 11.7 Å². The number of rotatable bonds is 5. The van der Waals surface area contributed by atoms with Gasteiger partial charge in [0.05, 0.1) is 0 Å². The molecule has 0 radical (unpaired) electrons. The fraction of sp³-hybridized carbons (Fsp3) is 0.571. The molecule has 0 spiro atoms. The minimum absolute atomic E-state index is 0. The van der Waals surface area contributed by atoms with E-state index < -0.39 is 0 Å². The van der Waals surface area contributed by atoms with Crippen LogP contribution in [0.4, 0.5) is 0 Å². The van der Waals surface area contributed by atoms with Gasteiger partial charge in [0, 0.05) is 24.2 Å². The second kappa shape index (κ2) is 7.95. The standard InChI is InChI=1S/C14H21ClN2O.ClH/c1-11-7-12(9-16)10-17(11)5-6-18-14-4-2-3-13(15)8-14;/h2-4,8,11-12H,5-7,9-10,16H2,1H3;1H. The Labute approximate surface area is 126 Å². The van der Waals surface area contributed by atoms with Gasteiger partial charge in [0.2, 0.25) is 0 Å². The van der Waals surface area contributed by atoms with E-state index in [1.807, 2.05) is 24.3 Å². The number of hydrogen-bond donors (Lipinski definition) is 1. The lowest BCUT2D eigenvalue weighted by molar-refractivity contribution is 0.202. The van der Waals surface area contributed by atoms with Gasteiger partial charge in [-0.1, -0.05) is 17.7 Å². The smallest absolute Gasteiger partial charge is 0.120 e. The minimum atomic E-state index is 0. The van der Waals surface area contributed by atoms with E-state index in [0.717, 1.165) is 25.4 Å². The van der Waals surface area contributed by atoms with E-state index in [-0.39, 0.29) is 12.4 Å². The highest BCUT2D eigenvalue weighted by Gasteiger charge is 2.27. The summed E-state index contributed by atoms with van der Waals surface area (Å²) in [6.45, 7) is 5.79. The van der Waals surface area contributed by atoms with E-state index in [9.17, 15) is 0 Å². The van der Waals surface area contributed by atoms with E-state index in [4.69, 9.17) is 22.1 Å². The van der Waals surface area contributed by atoms with Gasteiger partial charge in [-0.15, -0.1) is 12.4 Å². The van der Waals surface area contributed by atoms with Crippen molar-refractivity contribution < 1.29 is 4.74 Å². The molecular formula is C14H22Cl2N2O. The molecule has 2 rings (SSSR count). The Morgan fingerprint density at radius 2 is 2.26 bits per heavy atom. The molecule has 1 saturated heterocycles. The molecule has 0 amide bonds. The molecule has 108 valence electrons. The molecule has 1 heterocycles. The Balaban J connectivity index is 0.00000180. The number of nitrogens with two attached hydrogens (primary N) is 1. The minimum Gasteiger partial charge on any atom is -0.492 e. The van der Waals surface area contributed by atoms with E-state index in [1.54, 1.807) is 0 Å². The lowest BCUT2D eigenvalue weighted by Crippen LogP contribution is -2.32. The van der Waals surface area contributed by atoms with E-state index in [1.165, 1.54) is 6.42 Å². The van der Waals surface area contributed by atoms with Gasteiger partial charge in [-0.3, -0.25) is 4.90 Å². The van der Waals surface area contributed by atoms with Gasteiger partial charge in [0.15, 0.2) is 0 Å². The average molecular weight is 305 g/mol. The molecule has 19 heavy (non-hydrogen) atoms. The highest BCUT2D eigenvalue weighted by Crippen LogP contribution is 2.22. The summed E-state index contributed by atoms with van der Waals surface area (Å²) in [4.78, 5) is 2.45. The van der Waals surface area contributed by atoms with E-state index in [2.05, 4.69) is 11.8 Å². The Hall–Kier alpha value is -0.480. The van der Waals surface area contributed by atoms with Crippen LogP contribution in [0.2, 0.25) is 5.02 Å². The fourth-order valence-electron chi connectivity index (χ4n) is 2.54. The van der Waals surface area contributed by atoms with Crippen LogP contribution in [0.15, 0.2) is 24.3 Å². The van der Waals surface area contributed by atoms with Crippen LogP contribution in [0, 0.1) is 5.92 Å². The second-order valence-electron chi connectivity index (χ2n) is 4.99. The molecule has 0 bridgehead atoms. The average Bonchev–Trinajstić information content (AvgIpc) is 2.71. The number of likely N-dealkylation sites (tertiary alicyclic amines) is 1. The van der Waals surface area contributed by atoms with Gasteiger partial charge in [0.25, 0.3) is 0 Å².